The van der Waals surface area contributed by atoms with Gasteiger partial charge in [0.1, 0.15) is 0 Å². The van der Waals surface area contributed by atoms with E-state index < -0.39 is 0 Å². The molecule has 0 radical (unpaired) electrons. The molecule has 4 heteroatoms. The summed E-state index contributed by atoms with van der Waals surface area (Å²) in [5.74, 6) is 0. The standard InChI is InChI=1S/C15H22Cl2N2/c1-19(2)15(5-3-4-6-15)11-18-10-12-7-13(16)9-14(17)8-12/h7-9,18H,3-6,10-11H2,1-2H3. The Morgan fingerprint density at radius 1 is 1.11 bits per heavy atom. The third-order valence-electron chi connectivity index (χ3n) is 4.19. The van der Waals surface area contributed by atoms with Crippen LogP contribution in [0.5, 0.6) is 0 Å². The lowest BCUT2D eigenvalue weighted by molar-refractivity contribution is 0.153. The number of nitrogens with one attached hydrogen (secondary N) is 1. The molecule has 0 aromatic heterocycles. The average Bonchev–Trinajstić information content (AvgIpc) is 2.77. The number of benzene rings is 1. The van der Waals surface area contributed by atoms with E-state index in [9.17, 15) is 0 Å². The summed E-state index contributed by atoms with van der Waals surface area (Å²) in [6.45, 7) is 1.83. The summed E-state index contributed by atoms with van der Waals surface area (Å²) in [6, 6.07) is 5.71. The van der Waals surface area contributed by atoms with E-state index in [0.717, 1.165) is 18.7 Å². The molecular weight excluding hydrogens is 279 g/mol. The molecule has 0 heterocycles. The summed E-state index contributed by atoms with van der Waals surface area (Å²) in [5.41, 5.74) is 1.46. The maximum Gasteiger partial charge on any atom is 0.0424 e. The summed E-state index contributed by atoms with van der Waals surface area (Å²) >= 11 is 12.0. The molecule has 2 rings (SSSR count). The number of hydrogen-bond donors (Lipinski definition) is 1. The fourth-order valence-corrected chi connectivity index (χ4v) is 3.54. The number of likely N-dealkylation sites (N-methyl/N-ethyl adjacent to an activating group) is 1. The van der Waals surface area contributed by atoms with Gasteiger partial charge in [0.15, 0.2) is 0 Å². The molecule has 0 amide bonds. The van der Waals surface area contributed by atoms with E-state index in [0.29, 0.717) is 15.6 Å². The Bertz CT molecular complexity index is 406. The number of halogens is 2. The van der Waals surface area contributed by atoms with E-state index in [1.807, 2.05) is 12.1 Å². The quantitative estimate of drug-likeness (QED) is 0.885. The van der Waals surface area contributed by atoms with Crippen LogP contribution >= 0.6 is 23.2 Å². The molecular formula is C15H22Cl2N2. The maximum atomic E-state index is 6.01. The summed E-state index contributed by atoms with van der Waals surface area (Å²) in [7, 11) is 4.37. The highest BCUT2D eigenvalue weighted by Gasteiger charge is 2.35. The van der Waals surface area contributed by atoms with Gasteiger partial charge in [-0.2, -0.15) is 0 Å². The molecule has 1 aromatic rings. The Kier molecular flexibility index (Phi) is 5.13. The predicted molar refractivity (Wildman–Crippen MR) is 83.1 cm³/mol. The Morgan fingerprint density at radius 2 is 1.68 bits per heavy atom. The molecule has 2 nitrogen and oxygen atoms in total. The normalized spacial score (nSPS) is 18.2. The monoisotopic (exact) mass is 300 g/mol. The molecule has 0 unspecified atom stereocenters. The first-order valence-electron chi connectivity index (χ1n) is 6.85. The van der Waals surface area contributed by atoms with Crippen LogP contribution in [0.25, 0.3) is 0 Å². The van der Waals surface area contributed by atoms with Gasteiger partial charge >= 0.3 is 0 Å². The van der Waals surface area contributed by atoms with E-state index in [-0.39, 0.29) is 0 Å². The molecule has 106 valence electrons. The van der Waals surface area contributed by atoms with Crippen LogP contribution in [-0.4, -0.2) is 31.1 Å². The molecule has 0 spiro atoms. The van der Waals surface area contributed by atoms with Gasteiger partial charge in [0.2, 0.25) is 0 Å². The second-order valence-corrected chi connectivity index (χ2v) is 6.58. The van der Waals surface area contributed by atoms with Gasteiger partial charge in [0, 0.05) is 28.7 Å². The van der Waals surface area contributed by atoms with Crippen molar-refractivity contribution in [2.45, 2.75) is 37.8 Å². The van der Waals surface area contributed by atoms with E-state index >= 15 is 0 Å². The topological polar surface area (TPSA) is 15.3 Å². The van der Waals surface area contributed by atoms with Crippen LogP contribution in [0.3, 0.4) is 0 Å². The summed E-state index contributed by atoms with van der Waals surface area (Å²) in [4.78, 5) is 2.37. The highest BCUT2D eigenvalue weighted by Crippen LogP contribution is 2.33. The summed E-state index contributed by atoms with van der Waals surface area (Å²) in [6.07, 6.45) is 5.23. The summed E-state index contributed by atoms with van der Waals surface area (Å²) in [5, 5.41) is 4.96. The lowest BCUT2D eigenvalue weighted by Crippen LogP contribution is -2.49. The van der Waals surface area contributed by atoms with Crippen LogP contribution in [0, 0.1) is 0 Å². The van der Waals surface area contributed by atoms with Gasteiger partial charge in [-0.1, -0.05) is 36.0 Å². The Balaban J connectivity index is 1.92. The third kappa shape index (κ3) is 3.85. The molecule has 1 aliphatic rings. The van der Waals surface area contributed by atoms with Gasteiger partial charge in [0.25, 0.3) is 0 Å². The van der Waals surface area contributed by atoms with E-state index in [1.165, 1.54) is 25.7 Å². The van der Waals surface area contributed by atoms with Crippen molar-refractivity contribution in [1.29, 1.82) is 0 Å². The van der Waals surface area contributed by atoms with Crippen molar-refractivity contribution >= 4 is 23.2 Å². The third-order valence-corrected chi connectivity index (χ3v) is 4.62. The zero-order chi connectivity index (χ0) is 13.9. The molecule has 0 atom stereocenters. The minimum Gasteiger partial charge on any atom is -0.311 e. The molecule has 19 heavy (non-hydrogen) atoms. The van der Waals surface area contributed by atoms with Crippen LogP contribution in [-0.2, 0) is 6.54 Å². The van der Waals surface area contributed by atoms with Crippen molar-refractivity contribution in [3.05, 3.63) is 33.8 Å². The van der Waals surface area contributed by atoms with Crippen molar-refractivity contribution in [3.63, 3.8) is 0 Å². The Labute approximate surface area is 126 Å². The number of hydrogen-bond acceptors (Lipinski definition) is 2. The first kappa shape index (κ1) is 15.1. The van der Waals surface area contributed by atoms with E-state index in [1.54, 1.807) is 6.07 Å². The van der Waals surface area contributed by atoms with Gasteiger partial charge in [-0.15, -0.1) is 0 Å². The van der Waals surface area contributed by atoms with Gasteiger partial charge in [0.05, 0.1) is 0 Å². The van der Waals surface area contributed by atoms with Crippen LogP contribution < -0.4 is 5.32 Å². The van der Waals surface area contributed by atoms with Crippen LogP contribution in [0.2, 0.25) is 10.0 Å². The minimum absolute atomic E-state index is 0.322. The largest absolute Gasteiger partial charge is 0.311 e. The highest BCUT2D eigenvalue weighted by atomic mass is 35.5. The van der Waals surface area contributed by atoms with Crippen LogP contribution in [0.1, 0.15) is 31.2 Å². The van der Waals surface area contributed by atoms with Crippen LogP contribution in [0.15, 0.2) is 18.2 Å². The van der Waals surface area contributed by atoms with Crippen molar-refractivity contribution in [2.75, 3.05) is 20.6 Å². The minimum atomic E-state index is 0.322. The van der Waals surface area contributed by atoms with Gasteiger partial charge in [-0.05, 0) is 50.7 Å². The first-order chi connectivity index (χ1) is 9.02. The second kappa shape index (κ2) is 6.45. The fourth-order valence-electron chi connectivity index (χ4n) is 2.97. The van der Waals surface area contributed by atoms with Crippen molar-refractivity contribution in [1.82, 2.24) is 10.2 Å². The van der Waals surface area contributed by atoms with E-state index in [4.69, 9.17) is 23.2 Å². The van der Waals surface area contributed by atoms with Crippen LogP contribution in [0.4, 0.5) is 0 Å². The average molecular weight is 301 g/mol. The number of rotatable bonds is 5. The van der Waals surface area contributed by atoms with Crippen molar-refractivity contribution < 1.29 is 0 Å². The van der Waals surface area contributed by atoms with Gasteiger partial charge < -0.3 is 10.2 Å². The molecule has 1 saturated carbocycles. The number of nitrogens with zero attached hydrogens (tertiary/aromatic N) is 1. The fraction of sp³-hybridized carbons (Fsp3) is 0.600. The second-order valence-electron chi connectivity index (χ2n) is 5.71. The molecule has 0 bridgehead atoms. The molecule has 0 saturated heterocycles. The smallest absolute Gasteiger partial charge is 0.0424 e. The Morgan fingerprint density at radius 3 is 2.21 bits per heavy atom. The first-order valence-corrected chi connectivity index (χ1v) is 7.61. The van der Waals surface area contributed by atoms with E-state index in [2.05, 4.69) is 24.3 Å². The summed E-state index contributed by atoms with van der Waals surface area (Å²) < 4.78 is 0. The van der Waals surface area contributed by atoms with Crippen molar-refractivity contribution in [3.8, 4) is 0 Å². The molecule has 1 aliphatic carbocycles. The van der Waals surface area contributed by atoms with Gasteiger partial charge in [-0.25, -0.2) is 0 Å². The zero-order valence-electron chi connectivity index (χ0n) is 11.7. The lowest BCUT2D eigenvalue weighted by Gasteiger charge is -2.36. The predicted octanol–water partition coefficient (Wildman–Crippen LogP) is 3.96. The molecule has 1 aromatic carbocycles. The maximum absolute atomic E-state index is 6.01. The lowest BCUT2D eigenvalue weighted by atomic mass is 9.96. The SMILES string of the molecule is CN(C)C1(CNCc2cc(Cl)cc(Cl)c2)CCCC1. The highest BCUT2D eigenvalue weighted by molar-refractivity contribution is 6.34. The molecule has 0 aliphatic heterocycles. The molecule has 1 N–H and O–H groups in total. The zero-order valence-corrected chi connectivity index (χ0v) is 13.2. The van der Waals surface area contributed by atoms with Gasteiger partial charge in [-0.3, -0.25) is 0 Å². The Hall–Kier alpha value is -0.280. The molecule has 1 fully saturated rings. The van der Waals surface area contributed by atoms with Crippen molar-refractivity contribution in [2.24, 2.45) is 0 Å².